The molecule has 0 unspecified atom stereocenters. The molecule has 48 heavy (non-hydrogen) atoms. The summed E-state index contributed by atoms with van der Waals surface area (Å²) in [6.45, 7) is 0. The van der Waals surface area contributed by atoms with Gasteiger partial charge >= 0.3 is 0 Å². The number of rotatable bonds is 4. The number of H-pyrrole nitrogens is 1. The predicted octanol–water partition coefficient (Wildman–Crippen LogP) is 3.80. The van der Waals surface area contributed by atoms with E-state index in [-0.39, 0.29) is 11.7 Å². The van der Waals surface area contributed by atoms with Crippen molar-refractivity contribution in [3.8, 4) is 28.3 Å². The van der Waals surface area contributed by atoms with Crippen LogP contribution in [0.4, 0.5) is 5.95 Å². The van der Waals surface area contributed by atoms with Crippen molar-refractivity contribution in [2.45, 2.75) is 0 Å². The average Bonchev–Trinajstić information content (AvgIpc) is 3.94. The van der Waals surface area contributed by atoms with Gasteiger partial charge in [0.1, 0.15) is 17.1 Å². The molecule has 7 aromatic heterocycles. The highest BCUT2D eigenvalue weighted by molar-refractivity contribution is 6.18. The van der Waals surface area contributed by atoms with Crippen LogP contribution >= 0.6 is 0 Å². The molecule has 0 amide bonds. The zero-order chi connectivity index (χ0) is 31.9. The molecule has 2 aliphatic rings. The van der Waals surface area contributed by atoms with Gasteiger partial charge in [0.15, 0.2) is 11.5 Å². The summed E-state index contributed by atoms with van der Waals surface area (Å²) in [5.41, 5.74) is 6.96. The largest absolute Gasteiger partial charge is 0.354 e. The predicted molar refractivity (Wildman–Crippen MR) is 173 cm³/mol. The standard InChI is InChI=1S/C32H18N16/c1-2-19-13-25-46-47-32(48(25)26-17-36-6-10-40-26)45-31-43-29(24-16-35-5-9-39-24)30(44-31)27(23-15-34-4-8-38-23)28-21(22-14-33-3-7-37-22)12-20(42-28)11-18(1)41-19/h1-17,42H. The van der Waals surface area contributed by atoms with Crippen molar-refractivity contribution in [2.75, 3.05) is 0 Å². The first-order valence-corrected chi connectivity index (χ1v) is 14.5. The van der Waals surface area contributed by atoms with Crippen molar-refractivity contribution < 1.29 is 0 Å². The van der Waals surface area contributed by atoms with E-state index < -0.39 is 0 Å². The highest BCUT2D eigenvalue weighted by atomic mass is 15.3. The Morgan fingerprint density at radius 2 is 1.27 bits per heavy atom. The Bertz CT molecular complexity index is 2550. The zero-order valence-corrected chi connectivity index (χ0v) is 24.5. The second-order valence-electron chi connectivity index (χ2n) is 10.3. The van der Waals surface area contributed by atoms with Crippen LogP contribution in [0.15, 0.2) is 97.6 Å². The van der Waals surface area contributed by atoms with Gasteiger partial charge < -0.3 is 4.98 Å². The molecule has 9 heterocycles. The molecule has 0 saturated heterocycles. The van der Waals surface area contributed by atoms with Crippen LogP contribution in [0.5, 0.6) is 0 Å². The minimum Gasteiger partial charge on any atom is -0.354 e. The number of aromatic nitrogens is 15. The number of fused-ring (bicyclic) bond motifs is 8. The van der Waals surface area contributed by atoms with Crippen molar-refractivity contribution in [1.82, 2.24) is 74.6 Å². The Morgan fingerprint density at radius 3 is 1.98 bits per heavy atom. The lowest BCUT2D eigenvalue weighted by Crippen LogP contribution is -2.07. The smallest absolute Gasteiger partial charge is 0.260 e. The fraction of sp³-hybridized carbons (Fsp3) is 0. The Balaban J connectivity index is 1.48. The first-order valence-electron chi connectivity index (χ1n) is 14.5. The van der Waals surface area contributed by atoms with Gasteiger partial charge in [0.25, 0.3) is 11.7 Å². The number of nitrogens with zero attached hydrogens (tertiary/aromatic N) is 15. The van der Waals surface area contributed by atoms with E-state index in [0.29, 0.717) is 62.4 Å². The molecule has 16 heteroatoms. The van der Waals surface area contributed by atoms with E-state index in [0.717, 1.165) is 11.1 Å². The van der Waals surface area contributed by atoms with Gasteiger partial charge in [0.2, 0.25) is 0 Å². The van der Waals surface area contributed by atoms with Gasteiger partial charge in [-0.05, 0) is 24.3 Å². The van der Waals surface area contributed by atoms with E-state index in [9.17, 15) is 0 Å². The second kappa shape index (κ2) is 11.2. The van der Waals surface area contributed by atoms with Gasteiger partial charge in [-0.3, -0.25) is 34.9 Å². The van der Waals surface area contributed by atoms with Crippen LogP contribution < -0.4 is 0 Å². The first kappa shape index (κ1) is 27.0. The number of hydrogen-bond donors (Lipinski definition) is 1. The highest BCUT2D eigenvalue weighted by Crippen LogP contribution is 2.35. The van der Waals surface area contributed by atoms with Gasteiger partial charge in [-0.2, -0.15) is 4.98 Å². The lowest BCUT2D eigenvalue weighted by Gasteiger charge is -2.07. The van der Waals surface area contributed by atoms with Crippen molar-refractivity contribution in [1.29, 1.82) is 0 Å². The van der Waals surface area contributed by atoms with Crippen LogP contribution in [0.1, 0.15) is 22.8 Å². The summed E-state index contributed by atoms with van der Waals surface area (Å²) in [7, 11) is 0. The first-order chi connectivity index (χ1) is 23.8. The lowest BCUT2D eigenvalue weighted by atomic mass is 10.0. The Labute approximate surface area is 269 Å². The number of hydrogen-bond acceptors (Lipinski definition) is 14. The van der Waals surface area contributed by atoms with Gasteiger partial charge in [-0.25, -0.2) is 24.5 Å². The van der Waals surface area contributed by atoms with Crippen LogP contribution in [0.25, 0.3) is 62.9 Å². The molecular formula is C32H18N16. The molecule has 1 N–H and O–H groups in total. The Hall–Kier alpha value is -7.36. The Morgan fingerprint density at radius 1 is 0.583 bits per heavy atom. The maximum atomic E-state index is 4.97. The van der Waals surface area contributed by atoms with Gasteiger partial charge in [-0.1, -0.05) is 0 Å². The highest BCUT2D eigenvalue weighted by Gasteiger charge is 2.26. The maximum absolute atomic E-state index is 4.97. The quantitative estimate of drug-likeness (QED) is 0.296. The van der Waals surface area contributed by atoms with Gasteiger partial charge in [-0.15, -0.1) is 10.2 Å². The molecular weight excluding hydrogens is 608 g/mol. The molecule has 0 atom stereocenters. The van der Waals surface area contributed by atoms with Crippen LogP contribution in [0.2, 0.25) is 0 Å². The molecule has 0 spiro atoms. The second-order valence-corrected chi connectivity index (χ2v) is 10.3. The number of aromatic amines is 1. The minimum absolute atomic E-state index is 0.0938. The van der Waals surface area contributed by atoms with Crippen LogP contribution in [0, 0.1) is 0 Å². The molecule has 16 nitrogen and oxygen atoms in total. The van der Waals surface area contributed by atoms with E-state index in [1.807, 2.05) is 24.3 Å². The van der Waals surface area contributed by atoms with Crippen molar-refractivity contribution in [3.63, 3.8) is 0 Å². The number of aliphatic imine (C=N–C) groups is 1. The third-order valence-electron chi connectivity index (χ3n) is 7.35. The third kappa shape index (κ3) is 4.81. The molecule has 0 aliphatic carbocycles. The molecule has 8 bridgehead atoms. The van der Waals surface area contributed by atoms with Crippen molar-refractivity contribution >= 4 is 46.3 Å². The summed E-state index contributed by atoms with van der Waals surface area (Å²) in [6.07, 6.45) is 23.2. The monoisotopic (exact) mass is 626 g/mol. The number of nitrogens with one attached hydrogen (secondary N) is 1. The molecule has 0 fully saturated rings. The summed E-state index contributed by atoms with van der Waals surface area (Å²) in [6, 6.07) is 5.70. The summed E-state index contributed by atoms with van der Waals surface area (Å²) in [4.78, 5) is 58.5. The van der Waals surface area contributed by atoms with E-state index >= 15 is 0 Å². The lowest BCUT2D eigenvalue weighted by molar-refractivity contribution is 1.01. The van der Waals surface area contributed by atoms with Crippen LogP contribution in [-0.4, -0.2) is 80.3 Å². The topological polar surface area (TPSA) is 201 Å². The molecule has 0 radical (unpaired) electrons. The van der Waals surface area contributed by atoms with E-state index in [4.69, 9.17) is 19.9 Å². The van der Waals surface area contributed by atoms with E-state index in [1.54, 1.807) is 85.0 Å². The molecule has 0 saturated carbocycles. The summed E-state index contributed by atoms with van der Waals surface area (Å²) in [5, 5.41) is 8.78. The fourth-order valence-corrected chi connectivity index (χ4v) is 5.36. The molecule has 7 aromatic rings. The van der Waals surface area contributed by atoms with Crippen molar-refractivity contribution in [3.05, 3.63) is 115 Å². The van der Waals surface area contributed by atoms with Crippen molar-refractivity contribution in [2.24, 2.45) is 4.99 Å². The normalized spacial score (nSPS) is 12.2. The van der Waals surface area contributed by atoms with Gasteiger partial charge in [0, 0.05) is 66.7 Å². The Kier molecular flexibility index (Phi) is 6.31. The SMILES string of the molecule is C1=Cc2cc3nnc(nc4nc(c(-c5cnccn5)c5[nH]c(cc1n2)cc5-c1cnccn1)C(c1cnccn1)=N4)n3-c1cnccn1. The maximum Gasteiger partial charge on any atom is 0.260 e. The summed E-state index contributed by atoms with van der Waals surface area (Å²) >= 11 is 0. The third-order valence-corrected chi connectivity index (χ3v) is 7.35. The average molecular weight is 627 g/mol. The minimum atomic E-state index is 0.0938. The van der Waals surface area contributed by atoms with E-state index in [1.165, 1.54) is 0 Å². The summed E-state index contributed by atoms with van der Waals surface area (Å²) < 4.78 is 1.66. The summed E-state index contributed by atoms with van der Waals surface area (Å²) in [5.74, 6) is 0.722. The molecule has 2 aliphatic heterocycles. The van der Waals surface area contributed by atoms with Crippen LogP contribution in [-0.2, 0) is 0 Å². The molecule has 226 valence electrons. The van der Waals surface area contributed by atoms with E-state index in [2.05, 4.69) is 55.1 Å². The fourth-order valence-electron chi connectivity index (χ4n) is 5.36. The zero-order valence-electron chi connectivity index (χ0n) is 24.5. The molecule has 9 rings (SSSR count). The molecule has 0 aromatic carbocycles. The van der Waals surface area contributed by atoms with Gasteiger partial charge in [0.05, 0.1) is 58.6 Å². The van der Waals surface area contributed by atoms with Crippen LogP contribution in [0.3, 0.4) is 0 Å².